The van der Waals surface area contributed by atoms with E-state index in [2.05, 4.69) is 6.08 Å². The summed E-state index contributed by atoms with van der Waals surface area (Å²) in [6.07, 6.45) is 6.59. The van der Waals surface area contributed by atoms with Crippen molar-refractivity contribution in [2.24, 2.45) is 0 Å². The fourth-order valence-electron chi connectivity index (χ4n) is 3.18. The Hall–Kier alpha value is -2.36. The van der Waals surface area contributed by atoms with Gasteiger partial charge in [-0.3, -0.25) is 9.59 Å². The highest BCUT2D eigenvalue weighted by Crippen LogP contribution is 2.34. The molecule has 3 rings (SSSR count). The first kappa shape index (κ1) is 15.5. The number of amides is 1. The summed E-state index contributed by atoms with van der Waals surface area (Å²) in [6.45, 7) is 4.21. The van der Waals surface area contributed by atoms with Crippen LogP contribution in [0.15, 0.2) is 47.6 Å². The van der Waals surface area contributed by atoms with Crippen LogP contribution in [0.5, 0.6) is 0 Å². The Balaban J connectivity index is 1.89. The molecule has 1 N–H and O–H groups in total. The van der Waals surface area contributed by atoms with E-state index >= 15 is 0 Å². The van der Waals surface area contributed by atoms with Crippen LogP contribution in [0.25, 0.3) is 0 Å². The van der Waals surface area contributed by atoms with Crippen molar-refractivity contribution < 1.29 is 14.7 Å². The average molecular weight is 311 g/mol. The van der Waals surface area contributed by atoms with Gasteiger partial charge < -0.3 is 10.0 Å². The van der Waals surface area contributed by atoms with Crippen molar-refractivity contribution in [2.45, 2.75) is 38.5 Å². The summed E-state index contributed by atoms with van der Waals surface area (Å²) >= 11 is 0. The summed E-state index contributed by atoms with van der Waals surface area (Å²) in [5.41, 5.74) is 2.61. The minimum Gasteiger partial charge on any atom is -0.481 e. The number of fused-ring (bicyclic) bond motifs is 1. The number of carbonyl (C=O) groups excluding carboxylic acids is 1. The molecule has 1 aromatic carbocycles. The Morgan fingerprint density at radius 1 is 1.22 bits per heavy atom. The van der Waals surface area contributed by atoms with Crippen molar-refractivity contribution in [2.75, 3.05) is 11.4 Å². The summed E-state index contributed by atoms with van der Waals surface area (Å²) in [5.74, 6) is -0.786. The minimum absolute atomic E-state index is 0.0418. The van der Waals surface area contributed by atoms with Crippen molar-refractivity contribution in [3.8, 4) is 0 Å². The van der Waals surface area contributed by atoms with Crippen LogP contribution in [0.3, 0.4) is 0 Å². The maximum atomic E-state index is 12.5. The van der Waals surface area contributed by atoms with Crippen LogP contribution in [0.4, 0.5) is 5.69 Å². The molecule has 1 saturated heterocycles. The van der Waals surface area contributed by atoms with E-state index in [4.69, 9.17) is 0 Å². The monoisotopic (exact) mass is 311 g/mol. The van der Waals surface area contributed by atoms with E-state index in [9.17, 15) is 14.7 Å². The van der Waals surface area contributed by atoms with Gasteiger partial charge in [-0.1, -0.05) is 31.2 Å². The largest absolute Gasteiger partial charge is 0.481 e. The molecule has 23 heavy (non-hydrogen) atoms. The molecule has 1 aliphatic carbocycles. The minimum atomic E-state index is -0.896. The van der Waals surface area contributed by atoms with Crippen molar-refractivity contribution in [1.82, 2.24) is 0 Å². The fourth-order valence-corrected chi connectivity index (χ4v) is 3.18. The summed E-state index contributed by atoms with van der Waals surface area (Å²) in [5, 5.41) is 9.47. The zero-order chi connectivity index (χ0) is 16.6. The third-order valence-corrected chi connectivity index (χ3v) is 5.05. The number of hydrogen-bond donors (Lipinski definition) is 1. The molecule has 120 valence electrons. The first-order valence-electron chi connectivity index (χ1n) is 8.02. The smallest absolute Gasteiger partial charge is 0.313 e. The molecule has 2 aliphatic rings. The molecule has 4 heteroatoms. The predicted molar refractivity (Wildman–Crippen MR) is 89.5 cm³/mol. The van der Waals surface area contributed by atoms with E-state index in [0.29, 0.717) is 13.0 Å². The molecule has 1 unspecified atom stereocenters. The lowest BCUT2D eigenvalue weighted by Crippen LogP contribution is -2.31. The van der Waals surface area contributed by atoms with Gasteiger partial charge in [-0.25, -0.2) is 0 Å². The SMILES string of the molecule is CCC(C)(C(=O)O)c1ccc(N2CC3=CCCC=C3C2=O)cc1. The van der Waals surface area contributed by atoms with Crippen molar-refractivity contribution in [3.05, 3.63) is 53.1 Å². The first-order chi connectivity index (χ1) is 11.0. The topological polar surface area (TPSA) is 57.6 Å². The molecule has 4 nitrogen and oxygen atoms in total. The van der Waals surface area contributed by atoms with Crippen LogP contribution in [0, 0.1) is 0 Å². The van der Waals surface area contributed by atoms with Crippen molar-refractivity contribution >= 4 is 17.6 Å². The Kier molecular flexibility index (Phi) is 3.84. The molecule has 0 radical (unpaired) electrons. The normalized spacial score (nSPS) is 19.7. The lowest BCUT2D eigenvalue weighted by atomic mass is 9.80. The van der Waals surface area contributed by atoms with Crippen LogP contribution in [-0.2, 0) is 15.0 Å². The van der Waals surface area contributed by atoms with Crippen LogP contribution in [0.2, 0.25) is 0 Å². The second-order valence-corrected chi connectivity index (χ2v) is 6.35. The van der Waals surface area contributed by atoms with Gasteiger partial charge >= 0.3 is 5.97 Å². The Labute approximate surface area is 136 Å². The lowest BCUT2D eigenvalue weighted by molar-refractivity contribution is -0.143. The highest BCUT2D eigenvalue weighted by molar-refractivity contribution is 6.12. The van der Waals surface area contributed by atoms with Crippen LogP contribution in [-0.4, -0.2) is 23.5 Å². The van der Waals surface area contributed by atoms with Gasteiger partial charge in [-0.2, -0.15) is 0 Å². The zero-order valence-electron chi connectivity index (χ0n) is 13.5. The molecule has 0 bridgehead atoms. The second kappa shape index (κ2) is 5.69. The summed E-state index contributed by atoms with van der Waals surface area (Å²) < 4.78 is 0. The van der Waals surface area contributed by atoms with Gasteiger partial charge in [0.25, 0.3) is 5.91 Å². The standard InChI is InChI=1S/C19H21NO3/c1-3-19(2,18(22)23)14-8-10-15(11-9-14)20-12-13-6-4-5-7-16(13)17(20)21/h6-11H,3-5,12H2,1-2H3,(H,22,23). The van der Waals surface area contributed by atoms with Gasteiger partial charge in [0.05, 0.1) is 12.0 Å². The quantitative estimate of drug-likeness (QED) is 0.926. The van der Waals surface area contributed by atoms with E-state index in [-0.39, 0.29) is 5.91 Å². The zero-order valence-corrected chi connectivity index (χ0v) is 13.5. The highest BCUT2D eigenvalue weighted by Gasteiger charge is 2.35. The number of hydrogen-bond acceptors (Lipinski definition) is 2. The number of carbonyl (C=O) groups is 2. The van der Waals surface area contributed by atoms with E-state index in [1.807, 2.05) is 37.3 Å². The average Bonchev–Trinajstić information content (AvgIpc) is 2.91. The van der Waals surface area contributed by atoms with E-state index in [1.54, 1.807) is 11.8 Å². The number of nitrogens with zero attached hydrogens (tertiary/aromatic N) is 1. The molecule has 1 fully saturated rings. The Bertz CT molecular complexity index is 715. The van der Waals surface area contributed by atoms with Crippen molar-refractivity contribution in [1.29, 1.82) is 0 Å². The Morgan fingerprint density at radius 3 is 2.43 bits per heavy atom. The van der Waals surface area contributed by atoms with Gasteiger partial charge in [0.15, 0.2) is 0 Å². The number of carboxylic acid groups (broad SMARTS) is 1. The third-order valence-electron chi connectivity index (χ3n) is 5.05. The summed E-state index contributed by atoms with van der Waals surface area (Å²) in [7, 11) is 0. The van der Waals surface area contributed by atoms with Crippen molar-refractivity contribution in [3.63, 3.8) is 0 Å². The highest BCUT2D eigenvalue weighted by atomic mass is 16.4. The van der Waals surface area contributed by atoms with Crippen LogP contribution < -0.4 is 4.90 Å². The number of allylic oxidation sites excluding steroid dienone is 2. The van der Waals surface area contributed by atoms with E-state index < -0.39 is 11.4 Å². The number of benzene rings is 1. The molecule has 1 amide bonds. The van der Waals surface area contributed by atoms with Gasteiger partial charge in [0.2, 0.25) is 0 Å². The third kappa shape index (κ3) is 2.48. The van der Waals surface area contributed by atoms with Gasteiger partial charge in [-0.05, 0) is 49.5 Å². The predicted octanol–water partition coefficient (Wildman–Crippen LogP) is 3.43. The van der Waals surface area contributed by atoms with E-state index in [0.717, 1.165) is 35.2 Å². The number of carboxylic acids is 1. The van der Waals surface area contributed by atoms with Crippen LogP contribution in [0.1, 0.15) is 38.7 Å². The number of anilines is 1. The molecular weight excluding hydrogens is 290 g/mol. The van der Waals surface area contributed by atoms with E-state index in [1.165, 1.54) is 0 Å². The summed E-state index contributed by atoms with van der Waals surface area (Å²) in [4.78, 5) is 25.8. The second-order valence-electron chi connectivity index (χ2n) is 6.35. The summed E-state index contributed by atoms with van der Waals surface area (Å²) in [6, 6.07) is 7.35. The van der Waals surface area contributed by atoms with Crippen LogP contribution >= 0.6 is 0 Å². The molecule has 1 aromatic rings. The molecular formula is C19H21NO3. The molecule has 0 aromatic heterocycles. The lowest BCUT2D eigenvalue weighted by Gasteiger charge is -2.24. The van der Waals surface area contributed by atoms with Gasteiger partial charge in [0, 0.05) is 11.3 Å². The Morgan fingerprint density at radius 2 is 1.87 bits per heavy atom. The first-order valence-corrected chi connectivity index (χ1v) is 8.02. The molecule has 0 saturated carbocycles. The molecule has 1 heterocycles. The maximum absolute atomic E-state index is 12.5. The number of aliphatic carboxylic acids is 1. The van der Waals surface area contributed by atoms with Gasteiger partial charge in [0.1, 0.15) is 0 Å². The molecule has 1 aliphatic heterocycles. The van der Waals surface area contributed by atoms with Gasteiger partial charge in [-0.15, -0.1) is 0 Å². The molecule has 1 atom stereocenters. The maximum Gasteiger partial charge on any atom is 0.313 e. The fraction of sp³-hybridized carbons (Fsp3) is 0.368. The number of rotatable bonds is 4. The molecule has 0 spiro atoms.